The molecule has 1 aromatic heterocycles. The van der Waals surface area contributed by atoms with Gasteiger partial charge in [-0.2, -0.15) is 4.98 Å². The van der Waals surface area contributed by atoms with Crippen molar-refractivity contribution < 1.29 is 9.18 Å². The van der Waals surface area contributed by atoms with Crippen LogP contribution in [0.5, 0.6) is 0 Å². The van der Waals surface area contributed by atoms with Crippen LogP contribution < -0.4 is 10.6 Å². The number of hydrogen-bond donors (Lipinski definition) is 2. The van der Waals surface area contributed by atoms with E-state index in [2.05, 4.69) is 20.6 Å². The lowest BCUT2D eigenvalue weighted by atomic mass is 10.2. The fraction of sp³-hybridized carbons (Fsp3) is 0.214. The van der Waals surface area contributed by atoms with Crippen LogP contribution >= 0.6 is 11.6 Å². The Hall–Kier alpha value is -2.21. The van der Waals surface area contributed by atoms with Gasteiger partial charge in [0, 0.05) is 17.3 Å². The molecule has 7 heteroatoms. The van der Waals surface area contributed by atoms with Crippen molar-refractivity contribution in [2.45, 2.75) is 18.9 Å². The molecule has 1 aromatic carbocycles. The molecule has 1 amide bonds. The summed E-state index contributed by atoms with van der Waals surface area (Å²) in [6.45, 7) is 0. The van der Waals surface area contributed by atoms with E-state index in [1.54, 1.807) is 24.3 Å². The Labute approximate surface area is 125 Å². The number of anilines is 2. The van der Waals surface area contributed by atoms with Crippen molar-refractivity contribution in [2.75, 3.05) is 5.32 Å². The van der Waals surface area contributed by atoms with Crippen molar-refractivity contribution in [3.63, 3.8) is 0 Å². The Bertz CT molecular complexity index is 673. The summed E-state index contributed by atoms with van der Waals surface area (Å²) in [5, 5.41) is 5.65. The smallest absolute Gasteiger partial charge is 0.251 e. The Morgan fingerprint density at radius 3 is 2.67 bits per heavy atom. The van der Waals surface area contributed by atoms with Gasteiger partial charge in [0.15, 0.2) is 11.6 Å². The highest BCUT2D eigenvalue weighted by Gasteiger charge is 2.23. The van der Waals surface area contributed by atoms with Crippen LogP contribution in [0.2, 0.25) is 5.28 Å². The molecule has 0 aliphatic heterocycles. The average Bonchev–Trinajstić information content (AvgIpc) is 3.27. The molecular formula is C14H12ClFN4O. The van der Waals surface area contributed by atoms with E-state index in [1.165, 1.54) is 0 Å². The molecule has 1 fully saturated rings. The topological polar surface area (TPSA) is 66.9 Å². The highest BCUT2D eigenvalue weighted by Crippen LogP contribution is 2.21. The molecule has 2 N–H and O–H groups in total. The highest BCUT2D eigenvalue weighted by atomic mass is 35.5. The van der Waals surface area contributed by atoms with Gasteiger partial charge in [-0.1, -0.05) is 0 Å². The van der Waals surface area contributed by atoms with Gasteiger partial charge in [-0.3, -0.25) is 4.79 Å². The van der Waals surface area contributed by atoms with E-state index in [0.717, 1.165) is 19.0 Å². The summed E-state index contributed by atoms with van der Waals surface area (Å²) in [4.78, 5) is 19.1. The number of halogens is 2. The minimum Gasteiger partial charge on any atom is -0.349 e. The Morgan fingerprint density at radius 2 is 2.00 bits per heavy atom. The predicted molar refractivity (Wildman–Crippen MR) is 77.2 cm³/mol. The fourth-order valence-corrected chi connectivity index (χ4v) is 1.90. The monoisotopic (exact) mass is 306 g/mol. The summed E-state index contributed by atoms with van der Waals surface area (Å²) in [6.07, 6.45) is 3.08. The van der Waals surface area contributed by atoms with Crippen LogP contribution in [0.3, 0.4) is 0 Å². The number of rotatable bonds is 4. The molecule has 3 rings (SSSR count). The Balaban J connectivity index is 1.71. The first-order valence-corrected chi connectivity index (χ1v) is 6.85. The molecule has 21 heavy (non-hydrogen) atoms. The number of nitrogens with one attached hydrogen (secondary N) is 2. The van der Waals surface area contributed by atoms with E-state index >= 15 is 0 Å². The molecule has 0 atom stereocenters. The summed E-state index contributed by atoms with van der Waals surface area (Å²) in [7, 11) is 0. The summed E-state index contributed by atoms with van der Waals surface area (Å²) in [5.74, 6) is -0.708. The van der Waals surface area contributed by atoms with Crippen LogP contribution in [0.1, 0.15) is 23.2 Å². The van der Waals surface area contributed by atoms with Gasteiger partial charge in [-0.25, -0.2) is 9.37 Å². The van der Waals surface area contributed by atoms with E-state index in [-0.39, 0.29) is 17.0 Å². The van der Waals surface area contributed by atoms with Crippen LogP contribution in [0.4, 0.5) is 15.9 Å². The maximum absolute atomic E-state index is 13.5. The lowest BCUT2D eigenvalue weighted by molar-refractivity contribution is 0.0951. The minimum atomic E-state index is -0.602. The van der Waals surface area contributed by atoms with Crippen molar-refractivity contribution in [3.05, 3.63) is 47.1 Å². The van der Waals surface area contributed by atoms with Gasteiger partial charge in [-0.15, -0.1) is 0 Å². The van der Waals surface area contributed by atoms with Gasteiger partial charge in [0.25, 0.3) is 5.91 Å². The second kappa shape index (κ2) is 5.65. The van der Waals surface area contributed by atoms with Gasteiger partial charge in [0.1, 0.15) is 0 Å². The van der Waals surface area contributed by atoms with E-state index in [9.17, 15) is 9.18 Å². The first-order valence-electron chi connectivity index (χ1n) is 6.48. The third kappa shape index (κ3) is 3.46. The van der Waals surface area contributed by atoms with Gasteiger partial charge < -0.3 is 10.6 Å². The lowest BCUT2D eigenvalue weighted by Crippen LogP contribution is -2.25. The number of carbonyl (C=O) groups is 1. The number of nitrogens with zero attached hydrogens (tertiary/aromatic N) is 2. The van der Waals surface area contributed by atoms with E-state index in [0.29, 0.717) is 17.3 Å². The molecule has 1 aliphatic carbocycles. The zero-order valence-electron chi connectivity index (χ0n) is 10.9. The third-order valence-electron chi connectivity index (χ3n) is 3.04. The second-order valence-corrected chi connectivity index (χ2v) is 5.12. The van der Waals surface area contributed by atoms with Crippen molar-refractivity contribution in [1.82, 2.24) is 15.3 Å². The molecule has 1 heterocycles. The zero-order chi connectivity index (χ0) is 14.8. The maximum Gasteiger partial charge on any atom is 0.251 e. The van der Waals surface area contributed by atoms with Crippen molar-refractivity contribution in [3.8, 4) is 0 Å². The largest absolute Gasteiger partial charge is 0.349 e. The molecule has 0 saturated heterocycles. The van der Waals surface area contributed by atoms with Crippen molar-refractivity contribution in [1.29, 1.82) is 0 Å². The summed E-state index contributed by atoms with van der Waals surface area (Å²) < 4.78 is 13.5. The molecule has 0 spiro atoms. The van der Waals surface area contributed by atoms with E-state index < -0.39 is 5.82 Å². The standard InChI is InChI=1S/C14H12ClFN4O/c15-14-17-7-11(16)12(20-14)18-9-3-1-8(2-4-9)13(21)19-10-5-6-10/h1-4,7,10H,5-6H2,(H,19,21)(H,17,18,20). The maximum atomic E-state index is 13.5. The Kier molecular flexibility index (Phi) is 3.70. The SMILES string of the molecule is O=C(NC1CC1)c1ccc(Nc2nc(Cl)ncc2F)cc1. The van der Waals surface area contributed by atoms with Crippen LogP contribution in [0.15, 0.2) is 30.5 Å². The normalized spacial score (nSPS) is 13.8. The molecule has 5 nitrogen and oxygen atoms in total. The summed E-state index contributed by atoms with van der Waals surface area (Å²) >= 11 is 5.62. The van der Waals surface area contributed by atoms with Crippen LogP contribution in [0.25, 0.3) is 0 Å². The van der Waals surface area contributed by atoms with Crippen molar-refractivity contribution in [2.24, 2.45) is 0 Å². The second-order valence-electron chi connectivity index (χ2n) is 4.79. The number of hydrogen-bond acceptors (Lipinski definition) is 4. The predicted octanol–water partition coefficient (Wildman–Crippen LogP) is 2.90. The Morgan fingerprint density at radius 1 is 1.29 bits per heavy atom. The van der Waals surface area contributed by atoms with Crippen LogP contribution in [0, 0.1) is 5.82 Å². The summed E-state index contributed by atoms with van der Waals surface area (Å²) in [5.41, 5.74) is 1.17. The summed E-state index contributed by atoms with van der Waals surface area (Å²) in [6, 6.07) is 7.00. The quantitative estimate of drug-likeness (QED) is 0.852. The van der Waals surface area contributed by atoms with E-state index in [4.69, 9.17) is 11.6 Å². The first kappa shape index (κ1) is 13.8. The van der Waals surface area contributed by atoms with Crippen LogP contribution in [-0.4, -0.2) is 21.9 Å². The zero-order valence-corrected chi connectivity index (χ0v) is 11.7. The molecule has 2 aromatic rings. The fourth-order valence-electron chi connectivity index (χ4n) is 1.77. The third-order valence-corrected chi connectivity index (χ3v) is 3.22. The number of carbonyl (C=O) groups excluding carboxylic acids is 1. The molecule has 1 aliphatic rings. The lowest BCUT2D eigenvalue weighted by Gasteiger charge is -2.08. The van der Waals surface area contributed by atoms with Crippen LogP contribution in [-0.2, 0) is 0 Å². The average molecular weight is 307 g/mol. The molecule has 0 bridgehead atoms. The first-order chi connectivity index (χ1) is 10.1. The van der Waals surface area contributed by atoms with Gasteiger partial charge in [0.2, 0.25) is 5.28 Å². The van der Waals surface area contributed by atoms with Crippen molar-refractivity contribution >= 4 is 29.0 Å². The number of aromatic nitrogens is 2. The molecule has 0 radical (unpaired) electrons. The highest BCUT2D eigenvalue weighted by molar-refractivity contribution is 6.28. The molecule has 0 unspecified atom stereocenters. The number of amides is 1. The van der Waals surface area contributed by atoms with Gasteiger partial charge in [-0.05, 0) is 48.7 Å². The van der Waals surface area contributed by atoms with Gasteiger partial charge in [0.05, 0.1) is 6.20 Å². The number of benzene rings is 1. The molecule has 108 valence electrons. The minimum absolute atomic E-state index is 0.00909. The van der Waals surface area contributed by atoms with Gasteiger partial charge >= 0.3 is 0 Å². The molecule has 1 saturated carbocycles. The van der Waals surface area contributed by atoms with E-state index in [1.807, 2.05) is 0 Å². The molecular weight excluding hydrogens is 295 g/mol.